The largest absolute Gasteiger partial charge is 0.378 e. The number of aryl methyl sites for hydroxylation is 1. The first-order valence-electron chi connectivity index (χ1n) is 7.67. The number of H-pyrrole nitrogens is 1. The summed E-state index contributed by atoms with van der Waals surface area (Å²) in [6, 6.07) is 8.36. The second-order valence-electron chi connectivity index (χ2n) is 5.84. The molecule has 0 bridgehead atoms. The number of fused-ring (bicyclic) bond motifs is 1. The molecule has 3 rings (SSSR count). The molecule has 0 saturated carbocycles. The smallest absolute Gasteiger partial charge is 0.222 e. The molecule has 2 heterocycles. The summed E-state index contributed by atoms with van der Waals surface area (Å²) in [4.78, 5) is 15.3. The van der Waals surface area contributed by atoms with Gasteiger partial charge in [-0.05, 0) is 55.3 Å². The van der Waals surface area contributed by atoms with Gasteiger partial charge in [-0.3, -0.25) is 4.79 Å². The van der Waals surface area contributed by atoms with Crippen LogP contribution in [0.25, 0.3) is 10.9 Å². The minimum atomic E-state index is 0.0762. The molecule has 21 heavy (non-hydrogen) atoms. The van der Waals surface area contributed by atoms with E-state index in [1.165, 1.54) is 11.8 Å². The van der Waals surface area contributed by atoms with E-state index in [1.807, 2.05) is 6.92 Å². The van der Waals surface area contributed by atoms with Crippen molar-refractivity contribution < 1.29 is 9.53 Å². The molecule has 1 aliphatic heterocycles. The average molecular weight is 286 g/mol. The summed E-state index contributed by atoms with van der Waals surface area (Å²) in [6.45, 7) is 3.42. The lowest BCUT2D eigenvalue weighted by molar-refractivity contribution is -0.125. The van der Waals surface area contributed by atoms with Crippen LogP contribution in [0, 0.1) is 6.92 Å². The van der Waals surface area contributed by atoms with Crippen molar-refractivity contribution in [2.45, 2.75) is 45.3 Å². The minimum Gasteiger partial charge on any atom is -0.378 e. The van der Waals surface area contributed by atoms with Crippen molar-refractivity contribution in [3.8, 4) is 0 Å². The van der Waals surface area contributed by atoms with E-state index in [-0.39, 0.29) is 12.0 Å². The Labute approximate surface area is 124 Å². The van der Waals surface area contributed by atoms with Crippen molar-refractivity contribution in [2.24, 2.45) is 0 Å². The summed E-state index contributed by atoms with van der Waals surface area (Å²) < 4.78 is 5.60. The van der Waals surface area contributed by atoms with Crippen molar-refractivity contribution in [3.63, 3.8) is 0 Å². The number of hydrogen-bond donors (Lipinski definition) is 2. The van der Waals surface area contributed by atoms with Crippen LogP contribution in [0.1, 0.15) is 36.9 Å². The van der Waals surface area contributed by atoms with E-state index in [2.05, 4.69) is 34.6 Å². The highest BCUT2D eigenvalue weighted by Crippen LogP contribution is 2.17. The average Bonchev–Trinajstić information content (AvgIpc) is 2.85. The second-order valence-corrected chi connectivity index (χ2v) is 5.84. The standard InChI is InChI=1S/C17H22N2O2/c1-12-8-14-9-13(5-6-16(14)19-12)11-18-17(20)10-15-4-2-3-7-21-15/h5-6,8-9,15,19H,2-4,7,10-11H2,1H3,(H,18,20). The number of ether oxygens (including phenoxy) is 1. The predicted molar refractivity (Wildman–Crippen MR) is 83.1 cm³/mol. The molecular formula is C17H22N2O2. The van der Waals surface area contributed by atoms with Gasteiger partial charge >= 0.3 is 0 Å². The van der Waals surface area contributed by atoms with Crippen LogP contribution in [0.5, 0.6) is 0 Å². The van der Waals surface area contributed by atoms with Gasteiger partial charge in [0, 0.05) is 24.4 Å². The predicted octanol–water partition coefficient (Wildman–Crippen LogP) is 3.05. The van der Waals surface area contributed by atoms with E-state index in [4.69, 9.17) is 4.74 Å². The number of nitrogens with one attached hydrogen (secondary N) is 2. The van der Waals surface area contributed by atoms with Gasteiger partial charge in [-0.25, -0.2) is 0 Å². The molecule has 1 saturated heterocycles. The number of benzene rings is 1. The highest BCUT2D eigenvalue weighted by molar-refractivity contribution is 5.81. The number of amides is 1. The van der Waals surface area contributed by atoms with Gasteiger partial charge in [0.1, 0.15) is 0 Å². The maximum Gasteiger partial charge on any atom is 0.222 e. The Morgan fingerprint density at radius 3 is 3.10 bits per heavy atom. The van der Waals surface area contributed by atoms with Gasteiger partial charge in [-0.2, -0.15) is 0 Å². The molecule has 112 valence electrons. The number of carbonyl (C=O) groups is 1. The summed E-state index contributed by atoms with van der Waals surface area (Å²) >= 11 is 0. The van der Waals surface area contributed by atoms with Crippen LogP contribution in [0.2, 0.25) is 0 Å². The number of hydrogen-bond acceptors (Lipinski definition) is 2. The molecule has 1 unspecified atom stereocenters. The monoisotopic (exact) mass is 286 g/mol. The summed E-state index contributed by atoms with van der Waals surface area (Å²) in [5.74, 6) is 0.0762. The highest BCUT2D eigenvalue weighted by atomic mass is 16.5. The zero-order valence-corrected chi connectivity index (χ0v) is 12.4. The summed E-state index contributed by atoms with van der Waals surface area (Å²) in [7, 11) is 0. The lowest BCUT2D eigenvalue weighted by Gasteiger charge is -2.21. The third kappa shape index (κ3) is 3.64. The van der Waals surface area contributed by atoms with Crippen molar-refractivity contribution in [2.75, 3.05) is 6.61 Å². The number of rotatable bonds is 4. The molecule has 1 atom stereocenters. The molecule has 1 fully saturated rings. The summed E-state index contributed by atoms with van der Waals surface area (Å²) in [5, 5.41) is 4.18. The molecule has 0 spiro atoms. The normalized spacial score (nSPS) is 18.8. The van der Waals surface area contributed by atoms with E-state index < -0.39 is 0 Å². The Kier molecular flexibility index (Phi) is 4.25. The van der Waals surface area contributed by atoms with Crippen molar-refractivity contribution in [1.29, 1.82) is 0 Å². The van der Waals surface area contributed by atoms with Crippen LogP contribution >= 0.6 is 0 Å². The summed E-state index contributed by atoms with van der Waals surface area (Å²) in [6.07, 6.45) is 3.87. The van der Waals surface area contributed by atoms with Crippen LogP contribution in [0.4, 0.5) is 0 Å². The zero-order chi connectivity index (χ0) is 14.7. The Morgan fingerprint density at radius 2 is 2.29 bits per heavy atom. The third-order valence-corrected chi connectivity index (χ3v) is 4.00. The van der Waals surface area contributed by atoms with E-state index >= 15 is 0 Å². The minimum absolute atomic E-state index is 0.0762. The fourth-order valence-electron chi connectivity index (χ4n) is 2.89. The van der Waals surface area contributed by atoms with Crippen molar-refractivity contribution >= 4 is 16.8 Å². The van der Waals surface area contributed by atoms with Gasteiger partial charge in [-0.1, -0.05) is 6.07 Å². The molecule has 0 aliphatic carbocycles. The van der Waals surface area contributed by atoms with Crippen LogP contribution in [0.15, 0.2) is 24.3 Å². The molecule has 1 aromatic heterocycles. The van der Waals surface area contributed by atoms with Crippen molar-refractivity contribution in [1.82, 2.24) is 10.3 Å². The van der Waals surface area contributed by atoms with Crippen LogP contribution in [-0.4, -0.2) is 23.6 Å². The Bertz CT molecular complexity index is 627. The fourth-order valence-corrected chi connectivity index (χ4v) is 2.89. The molecule has 4 nitrogen and oxygen atoms in total. The SMILES string of the molecule is Cc1cc2cc(CNC(=O)CC3CCCCO3)ccc2[nH]1. The molecule has 0 radical (unpaired) electrons. The van der Waals surface area contributed by atoms with E-state index in [0.717, 1.165) is 36.2 Å². The molecule has 1 aromatic carbocycles. The second kappa shape index (κ2) is 6.31. The molecule has 2 N–H and O–H groups in total. The maximum absolute atomic E-state index is 12.0. The van der Waals surface area contributed by atoms with E-state index in [0.29, 0.717) is 13.0 Å². The third-order valence-electron chi connectivity index (χ3n) is 4.00. The summed E-state index contributed by atoms with van der Waals surface area (Å²) in [5.41, 5.74) is 3.42. The first-order chi connectivity index (χ1) is 10.2. The van der Waals surface area contributed by atoms with Gasteiger partial charge in [0.2, 0.25) is 5.91 Å². The highest BCUT2D eigenvalue weighted by Gasteiger charge is 2.17. The lowest BCUT2D eigenvalue weighted by atomic mass is 10.1. The Balaban J connectivity index is 1.54. The van der Waals surface area contributed by atoms with Crippen molar-refractivity contribution in [3.05, 3.63) is 35.5 Å². The van der Waals surface area contributed by atoms with Gasteiger partial charge in [0.05, 0.1) is 12.5 Å². The quantitative estimate of drug-likeness (QED) is 0.907. The lowest BCUT2D eigenvalue weighted by Crippen LogP contribution is -2.30. The first-order valence-corrected chi connectivity index (χ1v) is 7.67. The molecule has 1 amide bonds. The Hall–Kier alpha value is -1.81. The van der Waals surface area contributed by atoms with Gasteiger partial charge in [0.15, 0.2) is 0 Å². The topological polar surface area (TPSA) is 54.1 Å². The van der Waals surface area contributed by atoms with E-state index in [9.17, 15) is 4.79 Å². The number of aromatic nitrogens is 1. The Morgan fingerprint density at radius 1 is 1.38 bits per heavy atom. The molecule has 2 aromatic rings. The van der Waals surface area contributed by atoms with Gasteiger partial charge < -0.3 is 15.0 Å². The molecule has 4 heteroatoms. The number of aromatic amines is 1. The van der Waals surface area contributed by atoms with E-state index in [1.54, 1.807) is 0 Å². The fraction of sp³-hybridized carbons (Fsp3) is 0.471. The van der Waals surface area contributed by atoms with Crippen LogP contribution in [-0.2, 0) is 16.1 Å². The first kappa shape index (κ1) is 14.1. The van der Waals surface area contributed by atoms with Gasteiger partial charge in [0.25, 0.3) is 0 Å². The molecule has 1 aliphatic rings. The van der Waals surface area contributed by atoms with Crippen LogP contribution < -0.4 is 5.32 Å². The number of carbonyl (C=O) groups excluding carboxylic acids is 1. The van der Waals surface area contributed by atoms with Crippen LogP contribution in [0.3, 0.4) is 0 Å². The van der Waals surface area contributed by atoms with Gasteiger partial charge in [-0.15, -0.1) is 0 Å². The molecular weight excluding hydrogens is 264 g/mol. The zero-order valence-electron chi connectivity index (χ0n) is 12.4. The maximum atomic E-state index is 12.0.